The van der Waals surface area contributed by atoms with Gasteiger partial charge in [0.15, 0.2) is 0 Å². The first-order valence-electron chi connectivity index (χ1n) is 7.96. The van der Waals surface area contributed by atoms with Crippen molar-refractivity contribution in [3.8, 4) is 16.9 Å². The fourth-order valence-electron chi connectivity index (χ4n) is 2.63. The molecule has 0 bridgehead atoms. The van der Waals surface area contributed by atoms with Crippen molar-refractivity contribution in [3.05, 3.63) is 71.0 Å². The van der Waals surface area contributed by atoms with Crippen molar-refractivity contribution in [2.24, 2.45) is 0 Å². The lowest BCUT2D eigenvalue weighted by molar-refractivity contribution is 0.0945. The molecule has 1 amide bonds. The third-order valence-electron chi connectivity index (χ3n) is 3.92. The Morgan fingerprint density at radius 3 is 2.67 bits per heavy atom. The number of nitrogen functional groups attached to an aromatic ring is 1. The number of carbonyl (C=O) groups excluding carboxylic acids is 1. The van der Waals surface area contributed by atoms with E-state index in [0.29, 0.717) is 33.1 Å². The number of benzene rings is 2. The molecule has 0 aliphatic carbocycles. The van der Waals surface area contributed by atoms with Crippen molar-refractivity contribution in [2.45, 2.75) is 6.54 Å². The van der Waals surface area contributed by atoms with Crippen LogP contribution in [0.25, 0.3) is 11.1 Å². The highest BCUT2D eigenvalue weighted by atomic mass is 35.5. The van der Waals surface area contributed by atoms with Crippen LogP contribution in [0.5, 0.6) is 5.75 Å². The Morgan fingerprint density at radius 2 is 2.04 bits per heavy atom. The molecule has 0 atom stereocenters. The summed E-state index contributed by atoms with van der Waals surface area (Å²) in [6, 6.07) is 7.53. The average molecular weight is 387 g/mol. The SMILES string of the molecule is COc1c(N)cc(-c2ccc(F)cc2)c(Cl)c1CNC(=O)c1cnccn1. The van der Waals surface area contributed by atoms with Crippen molar-refractivity contribution in [1.82, 2.24) is 15.3 Å². The zero-order valence-corrected chi connectivity index (χ0v) is 15.1. The van der Waals surface area contributed by atoms with Crippen LogP contribution in [0.4, 0.5) is 10.1 Å². The molecule has 138 valence electrons. The first-order chi connectivity index (χ1) is 13.0. The summed E-state index contributed by atoms with van der Waals surface area (Å²) in [6.45, 7) is 0.0661. The van der Waals surface area contributed by atoms with Gasteiger partial charge in [-0.2, -0.15) is 0 Å². The highest BCUT2D eigenvalue weighted by Crippen LogP contribution is 2.40. The summed E-state index contributed by atoms with van der Waals surface area (Å²) in [4.78, 5) is 20.0. The van der Waals surface area contributed by atoms with Gasteiger partial charge in [0.25, 0.3) is 5.91 Å². The molecule has 3 aromatic rings. The lowest BCUT2D eigenvalue weighted by atomic mass is 10.0. The minimum Gasteiger partial charge on any atom is -0.494 e. The Bertz CT molecular complexity index is 966. The van der Waals surface area contributed by atoms with Crippen LogP contribution in [0.15, 0.2) is 48.9 Å². The van der Waals surface area contributed by atoms with Crippen LogP contribution in [0.1, 0.15) is 16.1 Å². The van der Waals surface area contributed by atoms with Crippen LogP contribution in [0.2, 0.25) is 5.02 Å². The summed E-state index contributed by atoms with van der Waals surface area (Å²) in [5.41, 5.74) is 8.43. The number of carbonyl (C=O) groups is 1. The molecule has 0 unspecified atom stereocenters. The van der Waals surface area contributed by atoms with E-state index in [1.165, 1.54) is 37.8 Å². The summed E-state index contributed by atoms with van der Waals surface area (Å²) < 4.78 is 18.6. The predicted octanol–water partition coefficient (Wildman–Crippen LogP) is 3.46. The predicted molar refractivity (Wildman–Crippen MR) is 101 cm³/mol. The van der Waals surface area contributed by atoms with Crippen molar-refractivity contribution in [3.63, 3.8) is 0 Å². The largest absolute Gasteiger partial charge is 0.494 e. The van der Waals surface area contributed by atoms with E-state index in [1.807, 2.05) is 0 Å². The molecule has 0 saturated heterocycles. The number of hydrogen-bond donors (Lipinski definition) is 2. The molecular weight excluding hydrogens is 371 g/mol. The molecule has 0 spiro atoms. The standard InChI is InChI=1S/C19H16ClFN4O2/c1-27-18-14(9-25-19(26)16-10-23-6-7-24-16)17(20)13(8-15(18)22)11-2-4-12(21)5-3-11/h2-8,10H,9,22H2,1H3,(H,25,26). The molecule has 1 aromatic heterocycles. The molecule has 1 heterocycles. The average Bonchev–Trinajstić information content (AvgIpc) is 2.69. The van der Waals surface area contributed by atoms with Crippen LogP contribution in [-0.2, 0) is 6.54 Å². The number of hydrogen-bond acceptors (Lipinski definition) is 5. The minimum atomic E-state index is -0.410. The van der Waals surface area contributed by atoms with Gasteiger partial charge in [-0.25, -0.2) is 9.37 Å². The zero-order valence-electron chi connectivity index (χ0n) is 14.4. The maximum Gasteiger partial charge on any atom is 0.271 e. The van der Waals surface area contributed by atoms with E-state index in [-0.39, 0.29) is 18.1 Å². The molecule has 3 N–H and O–H groups in total. The number of aromatic nitrogens is 2. The van der Waals surface area contributed by atoms with Crippen molar-refractivity contribution < 1.29 is 13.9 Å². The summed E-state index contributed by atoms with van der Waals surface area (Å²) in [6.07, 6.45) is 4.26. The number of anilines is 1. The van der Waals surface area contributed by atoms with E-state index in [0.717, 1.165) is 0 Å². The summed E-state index contributed by atoms with van der Waals surface area (Å²) >= 11 is 6.56. The van der Waals surface area contributed by atoms with Crippen LogP contribution >= 0.6 is 11.6 Å². The molecule has 0 saturated carbocycles. The summed E-state index contributed by atoms with van der Waals surface area (Å²) in [5, 5.41) is 3.08. The van der Waals surface area contributed by atoms with Crippen molar-refractivity contribution in [2.75, 3.05) is 12.8 Å². The van der Waals surface area contributed by atoms with E-state index >= 15 is 0 Å². The van der Waals surface area contributed by atoms with Gasteiger partial charge in [0.1, 0.15) is 17.3 Å². The Kier molecular flexibility index (Phi) is 5.52. The Labute approximate surface area is 160 Å². The topological polar surface area (TPSA) is 90.1 Å². The number of nitrogens with one attached hydrogen (secondary N) is 1. The van der Waals surface area contributed by atoms with Gasteiger partial charge in [-0.05, 0) is 23.8 Å². The number of ether oxygens (including phenoxy) is 1. The van der Waals surface area contributed by atoms with E-state index < -0.39 is 5.91 Å². The van der Waals surface area contributed by atoms with Gasteiger partial charge >= 0.3 is 0 Å². The molecule has 0 aliphatic heterocycles. The van der Waals surface area contributed by atoms with Gasteiger partial charge in [-0.1, -0.05) is 23.7 Å². The third kappa shape index (κ3) is 3.98. The van der Waals surface area contributed by atoms with Gasteiger partial charge in [-0.15, -0.1) is 0 Å². The van der Waals surface area contributed by atoms with Crippen molar-refractivity contribution in [1.29, 1.82) is 0 Å². The maximum absolute atomic E-state index is 13.2. The second kappa shape index (κ2) is 8.01. The zero-order chi connectivity index (χ0) is 19.4. The van der Waals surface area contributed by atoms with E-state index in [1.54, 1.807) is 18.2 Å². The second-order valence-corrected chi connectivity index (χ2v) is 6.00. The van der Waals surface area contributed by atoms with Gasteiger partial charge in [-0.3, -0.25) is 9.78 Å². The van der Waals surface area contributed by atoms with Crippen LogP contribution in [0.3, 0.4) is 0 Å². The summed E-state index contributed by atoms with van der Waals surface area (Å²) in [7, 11) is 1.47. The highest BCUT2D eigenvalue weighted by molar-refractivity contribution is 6.34. The monoisotopic (exact) mass is 386 g/mol. The molecule has 0 radical (unpaired) electrons. The number of methoxy groups -OCH3 is 1. The summed E-state index contributed by atoms with van der Waals surface area (Å²) in [5.74, 6) is -0.398. The third-order valence-corrected chi connectivity index (χ3v) is 4.35. The molecule has 0 aliphatic rings. The van der Waals surface area contributed by atoms with Crippen LogP contribution in [0, 0.1) is 5.82 Å². The van der Waals surface area contributed by atoms with Gasteiger partial charge < -0.3 is 15.8 Å². The Balaban J connectivity index is 1.95. The van der Waals surface area contributed by atoms with E-state index in [4.69, 9.17) is 22.1 Å². The van der Waals surface area contributed by atoms with Crippen molar-refractivity contribution >= 4 is 23.2 Å². The second-order valence-electron chi connectivity index (χ2n) is 5.62. The minimum absolute atomic E-state index is 0.0661. The lowest BCUT2D eigenvalue weighted by Crippen LogP contribution is -2.24. The first-order valence-corrected chi connectivity index (χ1v) is 8.34. The lowest BCUT2D eigenvalue weighted by Gasteiger charge is -2.17. The van der Waals surface area contributed by atoms with Crippen LogP contribution in [-0.4, -0.2) is 23.0 Å². The molecule has 6 nitrogen and oxygen atoms in total. The van der Waals surface area contributed by atoms with Gasteiger partial charge in [0.05, 0.1) is 24.0 Å². The first kappa shape index (κ1) is 18.6. The number of nitrogens with two attached hydrogens (primary N) is 1. The molecule has 27 heavy (non-hydrogen) atoms. The molecule has 3 rings (SSSR count). The molecule has 8 heteroatoms. The fraction of sp³-hybridized carbons (Fsp3) is 0.105. The fourth-order valence-corrected chi connectivity index (χ4v) is 2.95. The maximum atomic E-state index is 13.2. The number of amides is 1. The normalized spacial score (nSPS) is 10.5. The number of halogens is 2. The Hall–Kier alpha value is -3.19. The van der Waals surface area contributed by atoms with E-state index in [9.17, 15) is 9.18 Å². The smallest absolute Gasteiger partial charge is 0.271 e. The quantitative estimate of drug-likeness (QED) is 0.655. The van der Waals surface area contributed by atoms with Gasteiger partial charge in [0.2, 0.25) is 0 Å². The number of rotatable bonds is 5. The molecule has 2 aromatic carbocycles. The van der Waals surface area contributed by atoms with Gasteiger partial charge in [0, 0.05) is 30.1 Å². The molecular formula is C19H16ClFN4O2. The van der Waals surface area contributed by atoms with E-state index in [2.05, 4.69) is 15.3 Å². The highest BCUT2D eigenvalue weighted by Gasteiger charge is 2.19. The Morgan fingerprint density at radius 1 is 1.30 bits per heavy atom. The number of nitrogens with zero attached hydrogens (tertiary/aromatic N) is 2. The van der Waals surface area contributed by atoms with Crippen LogP contribution < -0.4 is 15.8 Å². The molecule has 0 fully saturated rings.